The predicted molar refractivity (Wildman–Crippen MR) is 108 cm³/mol. The first-order valence-electron chi connectivity index (χ1n) is 10.0. The van der Waals surface area contributed by atoms with Gasteiger partial charge in [0, 0.05) is 5.54 Å². The number of benzene rings is 1. The van der Waals surface area contributed by atoms with Crippen molar-refractivity contribution in [2.75, 3.05) is 25.5 Å². The van der Waals surface area contributed by atoms with E-state index in [1.54, 1.807) is 0 Å². The van der Waals surface area contributed by atoms with Crippen molar-refractivity contribution >= 4 is 11.7 Å². The van der Waals surface area contributed by atoms with E-state index in [1.165, 1.54) is 16.5 Å². The van der Waals surface area contributed by atoms with Crippen molar-refractivity contribution < 1.29 is 18.0 Å². The number of amides is 2. The Labute approximate surface area is 173 Å². The highest BCUT2D eigenvalue weighted by atomic mass is 19.4. The van der Waals surface area contributed by atoms with E-state index in [4.69, 9.17) is 0 Å². The molecule has 0 atom stereocenters. The SMILES string of the molecule is CN(C)[C@]1(c2ccccc2)CC[C@@]2(CC1)CN(c1ccc(C(F)(F)F)nc1)C(=O)N2. The highest BCUT2D eigenvalue weighted by Gasteiger charge is 2.50. The molecule has 2 aliphatic rings. The van der Waals surface area contributed by atoms with Gasteiger partial charge in [-0.05, 0) is 57.5 Å². The van der Waals surface area contributed by atoms with Crippen LogP contribution in [0.25, 0.3) is 0 Å². The van der Waals surface area contributed by atoms with Crippen molar-refractivity contribution in [3.05, 3.63) is 59.9 Å². The minimum atomic E-state index is -4.50. The minimum absolute atomic E-state index is 0.0967. The van der Waals surface area contributed by atoms with Crippen LogP contribution in [-0.4, -0.2) is 42.1 Å². The van der Waals surface area contributed by atoms with Crippen molar-refractivity contribution in [3.8, 4) is 0 Å². The molecule has 8 heteroatoms. The van der Waals surface area contributed by atoms with Crippen molar-refractivity contribution in [2.24, 2.45) is 0 Å². The van der Waals surface area contributed by atoms with E-state index < -0.39 is 11.9 Å². The van der Waals surface area contributed by atoms with Gasteiger partial charge in [-0.3, -0.25) is 9.80 Å². The Morgan fingerprint density at radius 2 is 1.70 bits per heavy atom. The molecule has 0 radical (unpaired) electrons. The molecule has 2 aromatic rings. The Hall–Kier alpha value is -2.61. The molecule has 1 saturated carbocycles. The number of hydrogen-bond acceptors (Lipinski definition) is 3. The molecule has 2 fully saturated rings. The van der Waals surface area contributed by atoms with Crippen molar-refractivity contribution in [3.63, 3.8) is 0 Å². The molecule has 1 saturated heterocycles. The number of pyridine rings is 1. The first-order valence-corrected chi connectivity index (χ1v) is 10.0. The number of nitrogens with one attached hydrogen (secondary N) is 1. The third-order valence-electron chi connectivity index (χ3n) is 6.63. The van der Waals surface area contributed by atoms with Crippen LogP contribution in [0.2, 0.25) is 0 Å². The van der Waals surface area contributed by atoms with Crippen molar-refractivity contribution in [2.45, 2.75) is 42.9 Å². The first kappa shape index (κ1) is 20.7. The lowest BCUT2D eigenvalue weighted by Gasteiger charge is -2.48. The maximum atomic E-state index is 12.8. The predicted octanol–water partition coefficient (Wildman–Crippen LogP) is 4.40. The maximum absolute atomic E-state index is 12.8. The Bertz CT molecular complexity index is 904. The van der Waals surface area contributed by atoms with Gasteiger partial charge in [-0.2, -0.15) is 13.2 Å². The number of halogens is 3. The molecule has 1 aromatic carbocycles. The van der Waals surface area contributed by atoms with Gasteiger partial charge in [0.2, 0.25) is 0 Å². The summed E-state index contributed by atoms with van der Waals surface area (Å²) in [6.45, 7) is 0.428. The summed E-state index contributed by atoms with van der Waals surface area (Å²) in [5.41, 5.74) is 0.203. The summed E-state index contributed by atoms with van der Waals surface area (Å²) in [4.78, 5) is 19.9. The molecule has 1 spiro atoms. The van der Waals surface area contributed by atoms with Gasteiger partial charge in [-0.25, -0.2) is 9.78 Å². The number of nitrogens with zero attached hydrogens (tertiary/aromatic N) is 3. The van der Waals surface area contributed by atoms with Gasteiger partial charge < -0.3 is 5.32 Å². The average Bonchev–Trinajstić information content (AvgIpc) is 3.04. The van der Waals surface area contributed by atoms with Crippen LogP contribution < -0.4 is 10.2 Å². The maximum Gasteiger partial charge on any atom is 0.433 e. The number of alkyl halides is 3. The highest BCUT2D eigenvalue weighted by molar-refractivity contribution is 5.95. The Morgan fingerprint density at radius 3 is 2.23 bits per heavy atom. The van der Waals surface area contributed by atoms with Crippen LogP contribution >= 0.6 is 0 Å². The van der Waals surface area contributed by atoms with Gasteiger partial charge in [0.15, 0.2) is 0 Å². The lowest BCUT2D eigenvalue weighted by molar-refractivity contribution is -0.141. The van der Waals surface area contributed by atoms with Crippen LogP contribution in [0.15, 0.2) is 48.7 Å². The fourth-order valence-corrected chi connectivity index (χ4v) is 4.80. The molecule has 2 heterocycles. The van der Waals surface area contributed by atoms with Gasteiger partial charge in [-0.1, -0.05) is 30.3 Å². The second-order valence-corrected chi connectivity index (χ2v) is 8.49. The third kappa shape index (κ3) is 3.53. The molecule has 0 bridgehead atoms. The van der Waals surface area contributed by atoms with E-state index in [-0.39, 0.29) is 17.1 Å². The molecule has 0 unspecified atom stereocenters. The average molecular weight is 418 g/mol. The first-order chi connectivity index (χ1) is 14.2. The van der Waals surface area contributed by atoms with Gasteiger partial charge in [-0.15, -0.1) is 0 Å². The number of carbonyl (C=O) groups excluding carboxylic acids is 1. The van der Waals surface area contributed by atoms with Crippen LogP contribution in [0, 0.1) is 0 Å². The second kappa shape index (κ2) is 7.27. The Kier molecular flexibility index (Phi) is 5.00. The lowest BCUT2D eigenvalue weighted by Crippen LogP contribution is -2.54. The molecule has 30 heavy (non-hydrogen) atoms. The Balaban J connectivity index is 1.52. The van der Waals surface area contributed by atoms with Crippen LogP contribution in [0.1, 0.15) is 36.9 Å². The van der Waals surface area contributed by atoms with E-state index >= 15 is 0 Å². The number of rotatable bonds is 3. The highest BCUT2D eigenvalue weighted by Crippen LogP contribution is 2.46. The van der Waals surface area contributed by atoms with Gasteiger partial charge in [0.25, 0.3) is 0 Å². The molecule has 1 aliphatic carbocycles. The van der Waals surface area contributed by atoms with Crippen LogP contribution in [0.5, 0.6) is 0 Å². The normalized spacial score (nSPS) is 27.0. The molecule has 160 valence electrons. The summed E-state index contributed by atoms with van der Waals surface area (Å²) in [7, 11) is 4.16. The van der Waals surface area contributed by atoms with Crippen LogP contribution in [0.4, 0.5) is 23.7 Å². The molecule has 1 aromatic heterocycles. The molecule has 2 amide bonds. The minimum Gasteiger partial charge on any atom is -0.330 e. The third-order valence-corrected chi connectivity index (χ3v) is 6.63. The zero-order valence-corrected chi connectivity index (χ0v) is 17.0. The van der Waals surface area contributed by atoms with Gasteiger partial charge >= 0.3 is 12.2 Å². The van der Waals surface area contributed by atoms with Crippen LogP contribution in [0.3, 0.4) is 0 Å². The fraction of sp³-hybridized carbons (Fsp3) is 0.455. The second-order valence-electron chi connectivity index (χ2n) is 8.49. The summed E-state index contributed by atoms with van der Waals surface area (Å²) in [5, 5.41) is 3.11. The van der Waals surface area contributed by atoms with E-state index in [2.05, 4.69) is 41.4 Å². The summed E-state index contributed by atoms with van der Waals surface area (Å²) >= 11 is 0. The van der Waals surface area contributed by atoms with Gasteiger partial charge in [0.1, 0.15) is 5.69 Å². The number of urea groups is 1. The summed E-state index contributed by atoms with van der Waals surface area (Å²) in [5.74, 6) is 0. The number of hydrogen-bond donors (Lipinski definition) is 1. The van der Waals surface area contributed by atoms with Crippen molar-refractivity contribution in [1.29, 1.82) is 0 Å². The van der Waals surface area contributed by atoms with E-state index in [9.17, 15) is 18.0 Å². The number of carbonyl (C=O) groups is 1. The summed E-state index contributed by atoms with van der Waals surface area (Å²) in [6.07, 6.45) is -0.0405. The molecule has 4 rings (SSSR count). The number of aromatic nitrogens is 1. The molecule has 1 N–H and O–H groups in total. The smallest absolute Gasteiger partial charge is 0.330 e. The van der Waals surface area contributed by atoms with Crippen molar-refractivity contribution in [1.82, 2.24) is 15.2 Å². The zero-order chi connectivity index (χ0) is 21.6. The summed E-state index contributed by atoms with van der Waals surface area (Å²) in [6, 6.07) is 12.3. The lowest BCUT2D eigenvalue weighted by atomic mass is 9.69. The molecular weight excluding hydrogens is 393 g/mol. The number of anilines is 1. The molecular formula is C22H25F3N4O. The van der Waals surface area contributed by atoms with E-state index in [1.807, 2.05) is 18.2 Å². The fourth-order valence-electron chi connectivity index (χ4n) is 4.80. The largest absolute Gasteiger partial charge is 0.433 e. The monoisotopic (exact) mass is 418 g/mol. The Morgan fingerprint density at radius 1 is 1.03 bits per heavy atom. The summed E-state index contributed by atoms with van der Waals surface area (Å²) < 4.78 is 38.3. The van der Waals surface area contributed by atoms with Gasteiger partial charge in [0.05, 0.1) is 24.0 Å². The zero-order valence-electron chi connectivity index (χ0n) is 17.0. The standard InChI is InChI=1S/C22H25F3N4O/c1-28(2)21(16-6-4-3-5-7-16)12-10-20(11-13-21)15-29(19(30)27-20)17-8-9-18(26-14-17)22(23,24)25/h3-9,14H,10-13,15H2,1-2H3,(H,27,30)/t20-,21-. The topological polar surface area (TPSA) is 48.5 Å². The van der Waals surface area contributed by atoms with E-state index in [0.29, 0.717) is 12.2 Å². The van der Waals surface area contributed by atoms with E-state index in [0.717, 1.165) is 37.9 Å². The van der Waals surface area contributed by atoms with Crippen LogP contribution in [-0.2, 0) is 11.7 Å². The molecule has 5 nitrogen and oxygen atoms in total. The molecule has 1 aliphatic heterocycles. The quantitative estimate of drug-likeness (QED) is 0.804.